The smallest absolute Gasteiger partial charge is 0.475 e. The van der Waals surface area contributed by atoms with Crippen molar-refractivity contribution < 1.29 is 69.2 Å². The molecule has 0 bridgehead atoms. The topological polar surface area (TPSA) is 131 Å². The largest absolute Gasteiger partial charge is 0.490 e. The molecule has 2 aliphatic rings. The molecule has 0 radical (unpaired) electrons. The van der Waals surface area contributed by atoms with Gasteiger partial charge in [-0.05, 0) is 57.5 Å². The number of aromatic nitrogens is 1. The van der Waals surface area contributed by atoms with Gasteiger partial charge in [0.15, 0.2) is 0 Å². The number of rotatable bonds is 2. The van der Waals surface area contributed by atoms with Crippen LogP contribution in [0.5, 0.6) is 0 Å². The number of pyridine rings is 1. The first-order valence-corrected chi connectivity index (χ1v) is 11.3. The highest BCUT2D eigenvalue weighted by molar-refractivity contribution is 5.73. The maximum atomic E-state index is 10.6. The van der Waals surface area contributed by atoms with Gasteiger partial charge in [0.1, 0.15) is 0 Å². The Labute approximate surface area is 222 Å². The molecule has 2 fully saturated rings. The van der Waals surface area contributed by atoms with Gasteiger partial charge in [0.05, 0.1) is 0 Å². The molecular formula is C22H28F9N3O6. The molecule has 9 nitrogen and oxygen atoms in total. The lowest BCUT2D eigenvalue weighted by Crippen LogP contribution is -2.59. The molecule has 1 spiro atoms. The first kappa shape index (κ1) is 36.8. The van der Waals surface area contributed by atoms with Crippen LogP contribution in [-0.2, 0) is 20.9 Å². The standard InChI is InChI=1S/C16H25N3.3C2HF3O2/c1-18-10-3-2-7-16(18)8-5-11-19(14-16)13-15-6-4-9-17-12-15;3*3-2(4,5)1(6)7/h4,6,9,12H,2-3,5,7-8,10-11,13-14H2,1H3;3*(H,6,7). The number of halogens is 9. The van der Waals surface area contributed by atoms with Gasteiger partial charge < -0.3 is 15.3 Å². The third-order valence-electron chi connectivity index (χ3n) is 5.69. The summed E-state index contributed by atoms with van der Waals surface area (Å²) in [4.78, 5) is 36.2. The predicted octanol–water partition coefficient (Wildman–Crippen LogP) is 4.43. The van der Waals surface area contributed by atoms with Crippen molar-refractivity contribution in [3.05, 3.63) is 30.1 Å². The Morgan fingerprint density at radius 1 is 0.825 bits per heavy atom. The van der Waals surface area contributed by atoms with E-state index in [0.29, 0.717) is 5.54 Å². The van der Waals surface area contributed by atoms with Gasteiger partial charge in [-0.2, -0.15) is 39.5 Å². The third-order valence-corrected chi connectivity index (χ3v) is 5.69. The van der Waals surface area contributed by atoms with E-state index in [2.05, 4.69) is 27.9 Å². The van der Waals surface area contributed by atoms with Crippen molar-refractivity contribution in [1.82, 2.24) is 14.8 Å². The molecule has 230 valence electrons. The number of nitrogens with zero attached hydrogens (tertiary/aromatic N) is 3. The Bertz CT molecular complexity index is 882. The van der Waals surface area contributed by atoms with E-state index >= 15 is 0 Å². The quantitative estimate of drug-likeness (QED) is 0.422. The first-order chi connectivity index (χ1) is 18.1. The van der Waals surface area contributed by atoms with E-state index in [1.807, 2.05) is 18.5 Å². The van der Waals surface area contributed by atoms with Crippen LogP contribution in [-0.4, -0.2) is 98.8 Å². The average molecular weight is 601 g/mol. The molecule has 3 heterocycles. The molecule has 0 saturated carbocycles. The van der Waals surface area contributed by atoms with Crippen LogP contribution >= 0.6 is 0 Å². The fourth-order valence-corrected chi connectivity index (χ4v) is 3.84. The number of carboxylic acids is 3. The SMILES string of the molecule is CN1CCCCC12CCCN(Cc1cccnc1)C2.O=C(O)C(F)(F)F.O=C(O)C(F)(F)F.O=C(O)C(F)(F)F. The molecule has 2 aliphatic heterocycles. The van der Waals surface area contributed by atoms with Gasteiger partial charge in [0.25, 0.3) is 0 Å². The van der Waals surface area contributed by atoms with Gasteiger partial charge >= 0.3 is 36.4 Å². The van der Waals surface area contributed by atoms with Crippen molar-refractivity contribution in [1.29, 1.82) is 0 Å². The summed E-state index contributed by atoms with van der Waals surface area (Å²) >= 11 is 0. The van der Waals surface area contributed by atoms with Crippen LogP contribution in [0.4, 0.5) is 39.5 Å². The Balaban J connectivity index is 0.000000603. The van der Waals surface area contributed by atoms with Gasteiger partial charge in [0.2, 0.25) is 0 Å². The number of alkyl halides is 9. The molecule has 0 aliphatic carbocycles. The lowest BCUT2D eigenvalue weighted by Gasteiger charge is -2.51. The third kappa shape index (κ3) is 14.3. The second-order valence-corrected chi connectivity index (χ2v) is 8.69. The molecular weight excluding hydrogens is 573 g/mol. The van der Waals surface area contributed by atoms with Crippen molar-refractivity contribution in [2.24, 2.45) is 0 Å². The number of hydrogen-bond donors (Lipinski definition) is 3. The van der Waals surface area contributed by atoms with Gasteiger partial charge in [0, 0.05) is 31.0 Å². The van der Waals surface area contributed by atoms with Crippen LogP contribution in [0.15, 0.2) is 24.5 Å². The summed E-state index contributed by atoms with van der Waals surface area (Å²) in [7, 11) is 2.33. The van der Waals surface area contributed by atoms with Gasteiger partial charge in [-0.25, -0.2) is 14.4 Å². The zero-order valence-electron chi connectivity index (χ0n) is 21.0. The van der Waals surface area contributed by atoms with Crippen molar-refractivity contribution in [3.63, 3.8) is 0 Å². The molecule has 1 aromatic rings. The Morgan fingerprint density at radius 2 is 1.27 bits per heavy atom. The van der Waals surface area contributed by atoms with Crippen LogP contribution in [0, 0.1) is 0 Å². The van der Waals surface area contributed by atoms with Gasteiger partial charge in [-0.3, -0.25) is 14.8 Å². The van der Waals surface area contributed by atoms with Crippen molar-refractivity contribution in [2.75, 3.05) is 26.7 Å². The molecule has 0 aromatic carbocycles. The van der Waals surface area contributed by atoms with Crippen LogP contribution in [0.1, 0.15) is 37.7 Å². The first-order valence-electron chi connectivity index (χ1n) is 11.3. The number of aliphatic carboxylic acids is 3. The Hall–Kier alpha value is -3.15. The fourth-order valence-electron chi connectivity index (χ4n) is 3.84. The minimum atomic E-state index is -5.08. The lowest BCUT2D eigenvalue weighted by molar-refractivity contribution is -0.193. The summed E-state index contributed by atoms with van der Waals surface area (Å²) in [5.74, 6) is -8.27. The average Bonchev–Trinajstić information content (AvgIpc) is 2.81. The molecule has 3 N–H and O–H groups in total. The monoisotopic (exact) mass is 601 g/mol. The summed E-state index contributed by atoms with van der Waals surface area (Å²) < 4.78 is 95.2. The molecule has 1 aromatic heterocycles. The molecule has 2 saturated heterocycles. The minimum absolute atomic E-state index is 0.457. The van der Waals surface area contributed by atoms with E-state index in [1.54, 1.807) is 0 Å². The maximum Gasteiger partial charge on any atom is 0.490 e. The normalized spacial score (nSPS) is 20.1. The van der Waals surface area contributed by atoms with Crippen LogP contribution in [0.3, 0.4) is 0 Å². The van der Waals surface area contributed by atoms with Crippen LogP contribution in [0.25, 0.3) is 0 Å². The Kier molecular flexibility index (Phi) is 14.4. The second-order valence-electron chi connectivity index (χ2n) is 8.69. The molecule has 40 heavy (non-hydrogen) atoms. The highest BCUT2D eigenvalue weighted by atomic mass is 19.4. The molecule has 1 atom stereocenters. The van der Waals surface area contributed by atoms with E-state index in [1.165, 1.54) is 57.3 Å². The molecule has 1 unspecified atom stereocenters. The molecule has 18 heteroatoms. The highest BCUT2D eigenvalue weighted by Crippen LogP contribution is 2.35. The summed E-state index contributed by atoms with van der Waals surface area (Å²) in [6.07, 6.45) is -4.50. The predicted molar refractivity (Wildman–Crippen MR) is 119 cm³/mol. The second kappa shape index (κ2) is 15.6. The number of carbonyl (C=O) groups is 3. The van der Waals surface area contributed by atoms with Crippen LogP contribution in [0.2, 0.25) is 0 Å². The van der Waals surface area contributed by atoms with Crippen molar-refractivity contribution in [3.8, 4) is 0 Å². The number of piperidine rings is 2. The molecule has 0 amide bonds. The summed E-state index contributed by atoms with van der Waals surface area (Å²) in [5.41, 5.74) is 1.80. The lowest BCUT2D eigenvalue weighted by atomic mass is 9.80. The number of hydrogen-bond acceptors (Lipinski definition) is 6. The van der Waals surface area contributed by atoms with Crippen molar-refractivity contribution >= 4 is 17.9 Å². The van der Waals surface area contributed by atoms with E-state index in [-0.39, 0.29) is 0 Å². The van der Waals surface area contributed by atoms with E-state index in [4.69, 9.17) is 29.7 Å². The highest BCUT2D eigenvalue weighted by Gasteiger charge is 2.41. The summed E-state index contributed by atoms with van der Waals surface area (Å²) in [5, 5.41) is 21.4. The summed E-state index contributed by atoms with van der Waals surface area (Å²) in [6, 6.07) is 4.24. The fraction of sp³-hybridized carbons (Fsp3) is 0.636. The van der Waals surface area contributed by atoms with E-state index in [0.717, 1.165) is 6.54 Å². The van der Waals surface area contributed by atoms with E-state index in [9.17, 15) is 39.5 Å². The Morgan fingerprint density at radius 3 is 1.65 bits per heavy atom. The van der Waals surface area contributed by atoms with Gasteiger partial charge in [-0.1, -0.05) is 12.5 Å². The zero-order valence-corrected chi connectivity index (χ0v) is 21.0. The minimum Gasteiger partial charge on any atom is -0.475 e. The van der Waals surface area contributed by atoms with Crippen LogP contribution < -0.4 is 0 Å². The summed E-state index contributed by atoms with van der Waals surface area (Å²) in [6.45, 7) is 4.81. The van der Waals surface area contributed by atoms with E-state index < -0.39 is 36.4 Å². The number of likely N-dealkylation sites (tertiary alicyclic amines) is 2. The number of likely N-dealkylation sites (N-methyl/N-ethyl adjacent to an activating group) is 1. The zero-order chi connectivity index (χ0) is 31.4. The molecule has 3 rings (SSSR count). The van der Waals surface area contributed by atoms with Crippen molar-refractivity contribution in [2.45, 2.75) is 62.7 Å². The van der Waals surface area contributed by atoms with Gasteiger partial charge in [-0.15, -0.1) is 0 Å². The maximum absolute atomic E-state index is 10.6. The number of carboxylic acid groups (broad SMARTS) is 3.